The zero-order chi connectivity index (χ0) is 9.64. The van der Waals surface area contributed by atoms with Gasteiger partial charge in [0.1, 0.15) is 0 Å². The predicted molar refractivity (Wildman–Crippen MR) is 63.5 cm³/mol. The minimum Gasteiger partial charge on any atom is -0.149 e. The van der Waals surface area contributed by atoms with Gasteiger partial charge in [-0.1, -0.05) is 48.6 Å². The van der Waals surface area contributed by atoms with Crippen LogP contribution in [-0.4, -0.2) is 0 Å². The second-order valence-electron chi connectivity index (χ2n) is 3.10. The smallest absolute Gasteiger partial charge is 0.00829 e. The molecule has 0 aliphatic carbocycles. The second-order valence-corrected chi connectivity index (χ2v) is 4.13. The fourth-order valence-electron chi connectivity index (χ4n) is 1.30. The van der Waals surface area contributed by atoms with Crippen molar-refractivity contribution in [3.63, 3.8) is 0 Å². The van der Waals surface area contributed by atoms with Crippen LogP contribution >= 0.6 is 11.3 Å². The van der Waals surface area contributed by atoms with Crippen LogP contribution in [0.2, 0.25) is 0 Å². The summed E-state index contributed by atoms with van der Waals surface area (Å²) >= 11 is 1.81. The molecule has 1 aromatic heterocycles. The molecule has 70 valence electrons. The minimum atomic E-state index is 1.03. The lowest BCUT2D eigenvalue weighted by Crippen LogP contribution is -1.72. The molecule has 0 nitrogen and oxygen atoms in total. The molecule has 0 fully saturated rings. The Morgan fingerprint density at radius 1 is 1.00 bits per heavy atom. The molecule has 2 rings (SSSR count). The maximum absolute atomic E-state index is 2.21. The van der Waals surface area contributed by atoms with Gasteiger partial charge in [0.15, 0.2) is 0 Å². The summed E-state index contributed by atoms with van der Waals surface area (Å²) in [5.41, 5.74) is 1.27. The Hall–Kier alpha value is -1.34. The monoisotopic (exact) mass is 200 g/mol. The molecule has 0 bridgehead atoms. The zero-order valence-electron chi connectivity index (χ0n) is 7.89. The number of thiophene rings is 1. The van der Waals surface area contributed by atoms with E-state index < -0.39 is 0 Å². The van der Waals surface area contributed by atoms with E-state index in [0.29, 0.717) is 0 Å². The molecule has 0 atom stereocenters. The standard InChI is InChI=1S/C13H12S/c1-2-6-12(7-3-1)8-4-9-13-10-5-11-14-13/h1-8,10-11H,9H2. The summed E-state index contributed by atoms with van der Waals surface area (Å²) in [6, 6.07) is 14.7. The van der Waals surface area contributed by atoms with Crippen molar-refractivity contribution in [2.75, 3.05) is 0 Å². The van der Waals surface area contributed by atoms with Crippen molar-refractivity contribution in [3.8, 4) is 0 Å². The summed E-state index contributed by atoms with van der Waals surface area (Å²) in [5, 5.41) is 2.12. The average molecular weight is 200 g/mol. The third-order valence-corrected chi connectivity index (χ3v) is 2.91. The largest absolute Gasteiger partial charge is 0.149 e. The Kier molecular flexibility index (Phi) is 3.15. The molecule has 2 aromatic rings. The van der Waals surface area contributed by atoms with Gasteiger partial charge < -0.3 is 0 Å². The molecule has 0 radical (unpaired) electrons. The number of benzene rings is 1. The van der Waals surface area contributed by atoms with E-state index >= 15 is 0 Å². The second kappa shape index (κ2) is 4.77. The van der Waals surface area contributed by atoms with E-state index in [1.165, 1.54) is 10.4 Å². The van der Waals surface area contributed by atoms with Crippen LogP contribution in [0.5, 0.6) is 0 Å². The van der Waals surface area contributed by atoms with Crippen molar-refractivity contribution in [1.29, 1.82) is 0 Å². The quantitative estimate of drug-likeness (QED) is 0.702. The van der Waals surface area contributed by atoms with Gasteiger partial charge in [0.25, 0.3) is 0 Å². The van der Waals surface area contributed by atoms with Crippen LogP contribution in [0.3, 0.4) is 0 Å². The van der Waals surface area contributed by atoms with Crippen molar-refractivity contribution in [3.05, 3.63) is 64.4 Å². The first-order chi connectivity index (χ1) is 6.95. The topological polar surface area (TPSA) is 0 Å². The van der Waals surface area contributed by atoms with Crippen LogP contribution in [-0.2, 0) is 6.42 Å². The lowest BCUT2D eigenvalue weighted by molar-refractivity contribution is 1.36. The Labute approximate surface area is 88.5 Å². The van der Waals surface area contributed by atoms with Gasteiger partial charge in [-0.3, -0.25) is 0 Å². The fraction of sp³-hybridized carbons (Fsp3) is 0.0769. The van der Waals surface area contributed by atoms with Crippen molar-refractivity contribution >= 4 is 17.4 Å². The average Bonchev–Trinajstić information content (AvgIpc) is 2.72. The fourth-order valence-corrected chi connectivity index (χ4v) is 1.99. The zero-order valence-corrected chi connectivity index (χ0v) is 8.71. The molecule has 0 unspecified atom stereocenters. The van der Waals surface area contributed by atoms with Gasteiger partial charge in [-0.05, 0) is 17.0 Å². The maximum Gasteiger partial charge on any atom is 0.00829 e. The van der Waals surface area contributed by atoms with E-state index in [9.17, 15) is 0 Å². The number of hydrogen-bond donors (Lipinski definition) is 0. The Morgan fingerprint density at radius 3 is 2.57 bits per heavy atom. The lowest BCUT2D eigenvalue weighted by Gasteiger charge is -1.91. The minimum absolute atomic E-state index is 1.03. The third-order valence-electron chi connectivity index (χ3n) is 2.01. The Morgan fingerprint density at radius 2 is 1.86 bits per heavy atom. The number of rotatable bonds is 3. The van der Waals surface area contributed by atoms with Gasteiger partial charge >= 0.3 is 0 Å². The number of allylic oxidation sites excluding steroid dienone is 1. The highest BCUT2D eigenvalue weighted by atomic mass is 32.1. The molecular formula is C13H12S. The SMILES string of the molecule is C(=Cc1ccccc1)Cc1cccs1. The molecule has 0 saturated heterocycles. The van der Waals surface area contributed by atoms with E-state index in [1.54, 1.807) is 11.3 Å². The molecule has 1 heterocycles. The van der Waals surface area contributed by atoms with Crippen LogP contribution in [0, 0.1) is 0 Å². The summed E-state index contributed by atoms with van der Waals surface area (Å²) in [5.74, 6) is 0. The van der Waals surface area contributed by atoms with Crippen molar-refractivity contribution < 1.29 is 0 Å². The molecule has 1 heteroatoms. The van der Waals surface area contributed by atoms with Crippen LogP contribution in [0.25, 0.3) is 6.08 Å². The van der Waals surface area contributed by atoms with Crippen molar-refractivity contribution in [1.82, 2.24) is 0 Å². The normalized spacial score (nSPS) is 10.9. The lowest BCUT2D eigenvalue weighted by atomic mass is 10.2. The highest BCUT2D eigenvalue weighted by Crippen LogP contribution is 2.10. The van der Waals surface area contributed by atoms with E-state index in [0.717, 1.165) is 6.42 Å². The molecule has 0 aliphatic rings. The van der Waals surface area contributed by atoms with Crippen LogP contribution < -0.4 is 0 Å². The molecule has 0 saturated carbocycles. The maximum atomic E-state index is 2.21. The molecule has 0 N–H and O–H groups in total. The van der Waals surface area contributed by atoms with Gasteiger partial charge in [-0.2, -0.15) is 0 Å². The Balaban J connectivity index is 1.96. The van der Waals surface area contributed by atoms with Crippen LogP contribution in [0.15, 0.2) is 53.9 Å². The van der Waals surface area contributed by atoms with Gasteiger partial charge in [-0.25, -0.2) is 0 Å². The molecule has 0 spiro atoms. The van der Waals surface area contributed by atoms with E-state index in [1.807, 2.05) is 6.07 Å². The molecule has 1 aromatic carbocycles. The van der Waals surface area contributed by atoms with Gasteiger partial charge in [-0.15, -0.1) is 11.3 Å². The third kappa shape index (κ3) is 2.57. The molecule has 0 aliphatic heterocycles. The van der Waals surface area contributed by atoms with Gasteiger partial charge in [0, 0.05) is 11.3 Å². The van der Waals surface area contributed by atoms with Crippen LogP contribution in [0.1, 0.15) is 10.4 Å². The molecular weight excluding hydrogens is 188 g/mol. The first kappa shape index (κ1) is 9.22. The first-order valence-electron chi connectivity index (χ1n) is 4.69. The summed E-state index contributed by atoms with van der Waals surface area (Å²) < 4.78 is 0. The highest BCUT2D eigenvalue weighted by molar-refractivity contribution is 7.09. The number of hydrogen-bond acceptors (Lipinski definition) is 1. The summed E-state index contributed by atoms with van der Waals surface area (Å²) in [4.78, 5) is 1.41. The van der Waals surface area contributed by atoms with Gasteiger partial charge in [0.2, 0.25) is 0 Å². The predicted octanol–water partition coefficient (Wildman–Crippen LogP) is 4.00. The van der Waals surface area contributed by atoms with Gasteiger partial charge in [0.05, 0.1) is 0 Å². The van der Waals surface area contributed by atoms with Crippen molar-refractivity contribution in [2.45, 2.75) is 6.42 Å². The van der Waals surface area contributed by atoms with E-state index in [4.69, 9.17) is 0 Å². The van der Waals surface area contributed by atoms with E-state index in [-0.39, 0.29) is 0 Å². The summed E-state index contributed by atoms with van der Waals surface area (Å²) in [7, 11) is 0. The molecule has 14 heavy (non-hydrogen) atoms. The summed E-state index contributed by atoms with van der Waals surface area (Å²) in [6.07, 6.45) is 5.41. The van der Waals surface area contributed by atoms with Crippen molar-refractivity contribution in [2.24, 2.45) is 0 Å². The highest BCUT2D eigenvalue weighted by Gasteiger charge is 1.88. The summed E-state index contributed by atoms with van der Waals surface area (Å²) in [6.45, 7) is 0. The van der Waals surface area contributed by atoms with Crippen LogP contribution in [0.4, 0.5) is 0 Å². The first-order valence-corrected chi connectivity index (χ1v) is 5.57. The Bertz CT molecular complexity index is 384. The molecule has 0 amide bonds. The van der Waals surface area contributed by atoms with E-state index in [2.05, 4.69) is 53.9 Å².